The Balaban J connectivity index is 1.87. The van der Waals surface area contributed by atoms with Gasteiger partial charge in [-0.15, -0.1) is 0 Å². The van der Waals surface area contributed by atoms with Crippen LogP contribution in [-0.4, -0.2) is 32.4 Å². The van der Waals surface area contributed by atoms with E-state index in [1.54, 1.807) is 18.2 Å². The van der Waals surface area contributed by atoms with E-state index in [9.17, 15) is 9.59 Å². The van der Waals surface area contributed by atoms with Crippen LogP contribution in [0.1, 0.15) is 61.4 Å². The van der Waals surface area contributed by atoms with Crippen molar-refractivity contribution in [2.75, 3.05) is 6.61 Å². The van der Waals surface area contributed by atoms with Crippen molar-refractivity contribution in [1.82, 2.24) is 14.9 Å². The Bertz CT molecular complexity index is 1270. The third kappa shape index (κ3) is 5.48. The van der Waals surface area contributed by atoms with Gasteiger partial charge < -0.3 is 10.1 Å². The molecule has 5 rings (SSSR count). The number of hydrogen-bond donors (Lipinski definition) is 1. The molecule has 0 saturated carbocycles. The van der Waals surface area contributed by atoms with Gasteiger partial charge >= 0.3 is 0 Å². The van der Waals surface area contributed by atoms with Crippen molar-refractivity contribution in [3.8, 4) is 17.1 Å². The maximum absolute atomic E-state index is 15.4. The Morgan fingerprint density at radius 1 is 1.17 bits per heavy atom. The van der Waals surface area contributed by atoms with Crippen molar-refractivity contribution in [1.29, 1.82) is 0 Å². The van der Waals surface area contributed by atoms with E-state index in [1.165, 1.54) is 6.07 Å². The van der Waals surface area contributed by atoms with Gasteiger partial charge in [0.15, 0.2) is 0 Å². The van der Waals surface area contributed by atoms with Gasteiger partial charge in [0, 0.05) is 11.1 Å². The molecule has 2 bridgehead atoms. The second-order valence-electron chi connectivity index (χ2n) is 9.25. The number of carbonyl (C=O) groups excluding carboxylic acids is 2. The van der Waals surface area contributed by atoms with Crippen molar-refractivity contribution >= 4 is 22.8 Å². The predicted octanol–water partition coefficient (Wildman–Crippen LogP) is 5.62. The monoisotopic (exact) mass is 509 g/mol. The third-order valence-corrected chi connectivity index (χ3v) is 7.35. The lowest BCUT2D eigenvalue weighted by atomic mass is 9.99. The minimum Gasteiger partial charge on any atom is -0.465 e. The number of ether oxygens (including phenoxy) is 1. The first-order valence-electron chi connectivity index (χ1n) is 12.4. The minimum atomic E-state index is -0.554. The molecule has 1 amide bonds. The largest absolute Gasteiger partial charge is 0.465 e. The number of aryl methyl sites for hydroxylation is 1. The van der Waals surface area contributed by atoms with E-state index in [1.807, 2.05) is 50.5 Å². The molecule has 0 fully saturated rings. The summed E-state index contributed by atoms with van der Waals surface area (Å²) in [7, 11) is 0. The van der Waals surface area contributed by atoms with Crippen LogP contribution in [0.25, 0.3) is 11.1 Å². The van der Waals surface area contributed by atoms with Gasteiger partial charge in [-0.3, -0.25) is 14.2 Å². The standard InChI is InChI=1S/C28H32FN3O3S/c1-5-23-24-15-30-26(33)25(13-17(3)4)36-27(34)21-10-8-7-9-20(21)18-11-12-19(22(29)14-18)16-32(24)28(31-23)35-6-2/h7-12,14,17,25H,5-6,13,15-16H2,1-4H3,(H,30,33)/t25-/m0/s1. The number of nitrogens with zero attached hydrogens (tertiary/aromatic N) is 2. The predicted molar refractivity (Wildman–Crippen MR) is 141 cm³/mol. The first kappa shape index (κ1) is 25.9. The summed E-state index contributed by atoms with van der Waals surface area (Å²) in [6.07, 6.45) is 1.19. The average Bonchev–Trinajstić information content (AvgIpc) is 3.18. The highest BCUT2D eigenvalue weighted by atomic mass is 32.2. The quantitative estimate of drug-likeness (QED) is 0.484. The molecule has 0 unspecified atom stereocenters. The molecule has 3 heterocycles. The topological polar surface area (TPSA) is 73.2 Å². The van der Waals surface area contributed by atoms with Crippen LogP contribution in [0.15, 0.2) is 42.5 Å². The molecule has 0 spiro atoms. The normalized spacial score (nSPS) is 16.2. The van der Waals surface area contributed by atoms with Crippen molar-refractivity contribution in [2.45, 2.75) is 58.9 Å². The van der Waals surface area contributed by atoms with Gasteiger partial charge in [0.05, 0.1) is 36.3 Å². The SMILES string of the molecule is CCOc1nc(CC)c2n1Cc1ccc(cc1F)-c1ccccc1C(=O)S[C@@H](CC(C)C)C(=O)NC2. The van der Waals surface area contributed by atoms with E-state index < -0.39 is 5.25 Å². The van der Waals surface area contributed by atoms with E-state index in [0.717, 1.165) is 23.1 Å². The molecule has 1 aromatic heterocycles. The van der Waals surface area contributed by atoms with E-state index in [4.69, 9.17) is 4.74 Å². The summed E-state index contributed by atoms with van der Waals surface area (Å²) >= 11 is 1.03. The molecular formula is C28H32FN3O3S. The molecular weight excluding hydrogens is 477 g/mol. The van der Waals surface area contributed by atoms with Crippen LogP contribution in [0.2, 0.25) is 0 Å². The summed E-state index contributed by atoms with van der Waals surface area (Å²) in [4.78, 5) is 31.4. The molecule has 1 N–H and O–H groups in total. The van der Waals surface area contributed by atoms with Crippen LogP contribution in [0.5, 0.6) is 6.01 Å². The van der Waals surface area contributed by atoms with Crippen LogP contribution < -0.4 is 10.1 Å². The number of carbonyl (C=O) groups is 2. The van der Waals surface area contributed by atoms with Gasteiger partial charge in [-0.2, -0.15) is 4.98 Å². The number of hydrogen-bond acceptors (Lipinski definition) is 5. The van der Waals surface area contributed by atoms with E-state index in [0.29, 0.717) is 47.7 Å². The second-order valence-corrected chi connectivity index (χ2v) is 10.4. The molecule has 2 aromatic carbocycles. The highest BCUT2D eigenvalue weighted by Gasteiger charge is 2.27. The van der Waals surface area contributed by atoms with Gasteiger partial charge in [-0.1, -0.05) is 62.9 Å². The van der Waals surface area contributed by atoms with Crippen molar-refractivity contribution in [2.24, 2.45) is 5.92 Å². The zero-order chi connectivity index (χ0) is 25.8. The average molecular weight is 510 g/mol. The number of halogens is 1. The number of amides is 1. The zero-order valence-corrected chi connectivity index (χ0v) is 22.0. The maximum atomic E-state index is 15.4. The first-order valence-corrected chi connectivity index (χ1v) is 13.3. The number of fused-ring (bicyclic) bond motifs is 7. The summed E-state index contributed by atoms with van der Waals surface area (Å²) in [5.74, 6) is -0.354. The summed E-state index contributed by atoms with van der Waals surface area (Å²) < 4.78 is 23.0. The molecule has 2 aliphatic rings. The Morgan fingerprint density at radius 2 is 1.92 bits per heavy atom. The number of benzene rings is 2. The maximum Gasteiger partial charge on any atom is 0.297 e. The zero-order valence-electron chi connectivity index (χ0n) is 21.1. The van der Waals surface area contributed by atoms with Gasteiger partial charge in [0.2, 0.25) is 11.0 Å². The van der Waals surface area contributed by atoms with Crippen LogP contribution in [0, 0.1) is 11.7 Å². The summed E-state index contributed by atoms with van der Waals surface area (Å²) in [5.41, 5.74) is 3.76. The van der Waals surface area contributed by atoms with Gasteiger partial charge in [0.25, 0.3) is 6.01 Å². The van der Waals surface area contributed by atoms with E-state index >= 15 is 4.39 Å². The minimum absolute atomic E-state index is 0.201. The smallest absolute Gasteiger partial charge is 0.297 e. The number of imidazole rings is 1. The molecule has 8 heteroatoms. The second kappa shape index (κ2) is 11.3. The number of rotatable bonds is 5. The molecule has 0 saturated heterocycles. The number of nitrogens with one attached hydrogen (secondary N) is 1. The lowest BCUT2D eigenvalue weighted by Crippen LogP contribution is -2.35. The number of aromatic nitrogens is 2. The Labute approximate surface area is 215 Å². The van der Waals surface area contributed by atoms with Crippen LogP contribution >= 0.6 is 11.8 Å². The van der Waals surface area contributed by atoms with Crippen LogP contribution in [-0.2, 0) is 24.3 Å². The third-order valence-electron chi connectivity index (χ3n) is 6.23. The summed E-state index contributed by atoms with van der Waals surface area (Å²) in [6.45, 7) is 8.76. The Morgan fingerprint density at radius 3 is 2.58 bits per heavy atom. The van der Waals surface area contributed by atoms with Crippen LogP contribution in [0.4, 0.5) is 4.39 Å². The van der Waals surface area contributed by atoms with Crippen molar-refractivity contribution < 1.29 is 18.7 Å². The van der Waals surface area contributed by atoms with E-state index in [-0.39, 0.29) is 35.8 Å². The molecule has 6 nitrogen and oxygen atoms in total. The lowest BCUT2D eigenvalue weighted by molar-refractivity contribution is -0.121. The van der Waals surface area contributed by atoms with Crippen molar-refractivity contribution in [3.05, 3.63) is 70.8 Å². The van der Waals surface area contributed by atoms with E-state index in [2.05, 4.69) is 10.3 Å². The number of thioether (sulfide) groups is 1. The molecule has 0 radical (unpaired) electrons. The fraction of sp³-hybridized carbons (Fsp3) is 0.393. The molecule has 1 atom stereocenters. The highest BCUT2D eigenvalue weighted by molar-refractivity contribution is 8.15. The van der Waals surface area contributed by atoms with Gasteiger partial charge in [-0.25, -0.2) is 4.39 Å². The molecule has 3 aromatic rings. The fourth-order valence-corrected chi connectivity index (χ4v) is 5.67. The summed E-state index contributed by atoms with van der Waals surface area (Å²) in [6, 6.07) is 12.6. The van der Waals surface area contributed by atoms with Crippen LogP contribution in [0.3, 0.4) is 0 Å². The van der Waals surface area contributed by atoms with Gasteiger partial charge in [-0.05, 0) is 48.9 Å². The first-order chi connectivity index (χ1) is 17.3. The summed E-state index contributed by atoms with van der Waals surface area (Å²) in [5, 5.41) is 2.27. The molecule has 36 heavy (non-hydrogen) atoms. The highest BCUT2D eigenvalue weighted by Crippen LogP contribution is 2.32. The molecule has 2 aliphatic heterocycles. The van der Waals surface area contributed by atoms with Crippen molar-refractivity contribution in [3.63, 3.8) is 0 Å². The Kier molecular flexibility index (Phi) is 8.14. The van der Waals surface area contributed by atoms with Gasteiger partial charge in [0.1, 0.15) is 5.82 Å². The molecule has 190 valence electrons. The molecule has 0 aliphatic carbocycles. The lowest BCUT2D eigenvalue weighted by Gasteiger charge is -2.19. The fourth-order valence-electron chi connectivity index (χ4n) is 4.43. The Hall–Kier alpha value is -3.13.